The minimum atomic E-state index is -0.480. The molecule has 2 fully saturated rings. The number of nitriles is 1. The van der Waals surface area contributed by atoms with Gasteiger partial charge in [-0.05, 0) is 89.1 Å². The van der Waals surface area contributed by atoms with Gasteiger partial charge in [0, 0.05) is 41.7 Å². The van der Waals surface area contributed by atoms with Crippen molar-refractivity contribution in [3.8, 4) is 29.3 Å². The van der Waals surface area contributed by atoms with Crippen molar-refractivity contribution in [1.82, 2.24) is 34.7 Å². The Morgan fingerprint density at radius 3 is 2.82 bits per heavy atom. The second-order valence-corrected chi connectivity index (χ2v) is 14.2. The lowest BCUT2D eigenvalue weighted by atomic mass is 9.68. The Morgan fingerprint density at radius 2 is 2.04 bits per heavy atom. The highest BCUT2D eigenvalue weighted by molar-refractivity contribution is 5.96. The van der Waals surface area contributed by atoms with Gasteiger partial charge in [-0.3, -0.25) is 9.69 Å². The van der Waals surface area contributed by atoms with Crippen molar-refractivity contribution in [3.63, 3.8) is 0 Å². The number of aryl methyl sites for hydroxylation is 1. The van der Waals surface area contributed by atoms with Crippen molar-refractivity contribution in [2.45, 2.75) is 88.4 Å². The van der Waals surface area contributed by atoms with Crippen molar-refractivity contribution < 1.29 is 18.8 Å². The Labute approximate surface area is 284 Å². The van der Waals surface area contributed by atoms with Gasteiger partial charge in [0.1, 0.15) is 12.2 Å². The van der Waals surface area contributed by atoms with E-state index in [1.54, 1.807) is 10.7 Å². The fourth-order valence-corrected chi connectivity index (χ4v) is 9.03. The van der Waals surface area contributed by atoms with Crippen molar-refractivity contribution >= 4 is 11.6 Å². The maximum absolute atomic E-state index is 13.4. The predicted molar refractivity (Wildman–Crippen MR) is 177 cm³/mol. The lowest BCUT2D eigenvalue weighted by molar-refractivity contribution is 0.0672. The summed E-state index contributed by atoms with van der Waals surface area (Å²) in [5, 5.41) is 19.5. The number of amides is 1. The Kier molecular flexibility index (Phi) is 7.03. The molecule has 252 valence electrons. The van der Waals surface area contributed by atoms with Crippen LogP contribution in [0.2, 0.25) is 0 Å². The molecular formula is C36H39N9O4. The summed E-state index contributed by atoms with van der Waals surface area (Å²) in [6, 6.07) is 8.37. The van der Waals surface area contributed by atoms with Crippen LogP contribution in [0.1, 0.15) is 89.5 Å². The molecule has 9 rings (SSSR count). The number of nitrogens with two attached hydrogens (primary N) is 1. The van der Waals surface area contributed by atoms with E-state index in [0.29, 0.717) is 59.9 Å². The van der Waals surface area contributed by atoms with Gasteiger partial charge in [-0.1, -0.05) is 11.2 Å². The van der Waals surface area contributed by atoms with Crippen LogP contribution >= 0.6 is 0 Å². The lowest BCUT2D eigenvalue weighted by Crippen LogP contribution is -2.38. The van der Waals surface area contributed by atoms with Gasteiger partial charge in [0.15, 0.2) is 28.8 Å². The second kappa shape index (κ2) is 11.4. The summed E-state index contributed by atoms with van der Waals surface area (Å²) in [6.45, 7) is 4.82. The quantitative estimate of drug-likeness (QED) is 0.298. The number of hydrogen-bond donors (Lipinski definition) is 1. The summed E-state index contributed by atoms with van der Waals surface area (Å²) >= 11 is 0. The van der Waals surface area contributed by atoms with E-state index in [2.05, 4.69) is 30.1 Å². The zero-order valence-electron chi connectivity index (χ0n) is 27.8. The monoisotopic (exact) mass is 661 g/mol. The molecule has 0 saturated carbocycles. The molecule has 4 aromatic rings. The standard InChI is InChI=1S/C36H39N9O4/c1-20(27-6-4-13-43(27)2)48-29-15-28(45-18-22-17-44(23-10-14-47-19-23)35(46)31(22)41-45)39-34(40-29)32-24-5-3-11-36(33(24)49-42-32)12-9-21-7-8-26(38)25(16-37)30(21)36/h7-8,15,18,20,23,27H,3-6,9-14,17,19,38H2,1-2H3/t20-,23-,27-,36-/m0/s1. The van der Waals surface area contributed by atoms with Crippen molar-refractivity contribution in [1.29, 1.82) is 5.26 Å². The van der Waals surface area contributed by atoms with Gasteiger partial charge in [0.25, 0.3) is 5.91 Å². The average Bonchev–Trinajstić information content (AvgIpc) is 3.95. The highest BCUT2D eigenvalue weighted by atomic mass is 16.5. The van der Waals surface area contributed by atoms with Crippen LogP contribution in [0.5, 0.6) is 5.88 Å². The van der Waals surface area contributed by atoms with E-state index in [0.717, 1.165) is 85.9 Å². The lowest BCUT2D eigenvalue weighted by Gasteiger charge is -2.33. The fourth-order valence-electron chi connectivity index (χ4n) is 9.03. The third-order valence-electron chi connectivity index (χ3n) is 11.5. The summed E-state index contributed by atoms with van der Waals surface area (Å²) < 4.78 is 20.0. The van der Waals surface area contributed by atoms with E-state index in [4.69, 9.17) is 34.8 Å². The number of likely N-dealkylation sites (N-methyl/N-ethyl adjacent to an activating group) is 1. The first-order chi connectivity index (χ1) is 23.8. The van der Waals surface area contributed by atoms with E-state index in [9.17, 15) is 10.1 Å². The number of hydrogen-bond acceptors (Lipinski definition) is 11. The second-order valence-electron chi connectivity index (χ2n) is 14.2. The maximum atomic E-state index is 13.4. The van der Waals surface area contributed by atoms with Gasteiger partial charge in [-0.2, -0.15) is 15.3 Å². The normalized spacial score (nSPS) is 25.1. The highest BCUT2D eigenvalue weighted by Crippen LogP contribution is 2.54. The average molecular weight is 662 g/mol. The van der Waals surface area contributed by atoms with Gasteiger partial charge in [-0.25, -0.2) is 9.67 Å². The predicted octanol–water partition coefficient (Wildman–Crippen LogP) is 3.95. The molecule has 13 heteroatoms. The number of benzene rings is 1. The molecule has 4 atom stereocenters. The number of likely N-dealkylation sites (tertiary alicyclic amines) is 1. The molecule has 6 heterocycles. The maximum Gasteiger partial charge on any atom is 0.275 e. The number of nitrogens with zero attached hydrogens (tertiary/aromatic N) is 8. The summed E-state index contributed by atoms with van der Waals surface area (Å²) in [7, 11) is 2.13. The third-order valence-corrected chi connectivity index (χ3v) is 11.5. The summed E-state index contributed by atoms with van der Waals surface area (Å²) in [5.41, 5.74) is 11.8. The van der Waals surface area contributed by atoms with Gasteiger partial charge in [0.2, 0.25) is 5.88 Å². The number of aromatic nitrogens is 5. The van der Waals surface area contributed by atoms with Crippen LogP contribution in [-0.2, 0) is 29.5 Å². The minimum absolute atomic E-state index is 0.0742. The number of ether oxygens (including phenoxy) is 2. The molecular weight excluding hydrogens is 622 g/mol. The highest BCUT2D eigenvalue weighted by Gasteiger charge is 2.49. The molecule has 1 spiro atoms. The summed E-state index contributed by atoms with van der Waals surface area (Å²) in [4.78, 5) is 27.5. The number of nitrogen functional groups attached to an aromatic ring is 1. The fraction of sp³-hybridized carbons (Fsp3) is 0.500. The van der Waals surface area contributed by atoms with Gasteiger partial charge >= 0.3 is 0 Å². The van der Waals surface area contributed by atoms with E-state index in [-0.39, 0.29) is 24.1 Å². The molecule has 3 aliphatic heterocycles. The van der Waals surface area contributed by atoms with Crippen LogP contribution in [-0.4, -0.2) is 85.6 Å². The van der Waals surface area contributed by atoms with Gasteiger partial charge < -0.3 is 24.6 Å². The minimum Gasteiger partial charge on any atom is -0.473 e. The van der Waals surface area contributed by atoms with Gasteiger partial charge in [-0.15, -0.1) is 0 Å². The summed E-state index contributed by atoms with van der Waals surface area (Å²) in [6.07, 6.45) is 8.91. The Bertz CT molecular complexity index is 2020. The molecule has 1 amide bonds. The smallest absolute Gasteiger partial charge is 0.275 e. The summed E-state index contributed by atoms with van der Waals surface area (Å²) in [5.74, 6) is 1.95. The molecule has 2 aliphatic carbocycles. The number of rotatable bonds is 6. The molecule has 0 bridgehead atoms. The first-order valence-electron chi connectivity index (χ1n) is 17.4. The molecule has 13 nitrogen and oxygen atoms in total. The van der Waals surface area contributed by atoms with Crippen LogP contribution in [0, 0.1) is 11.3 Å². The molecule has 3 aromatic heterocycles. The SMILES string of the molecule is C[C@H](Oc1cc(-n2cc3c(n2)C(=O)N([C@H]2CCOC2)C3)nc(-c2noc3c2CCC[C@@]32CCc3ccc(N)c(C#N)c32)n1)[C@@H]1CCCN1C. The number of carbonyl (C=O) groups is 1. The topological polar surface area (TPSA) is 161 Å². The number of anilines is 1. The molecule has 0 radical (unpaired) electrons. The molecule has 2 N–H and O–H groups in total. The number of fused-ring (bicyclic) bond motifs is 5. The molecule has 49 heavy (non-hydrogen) atoms. The van der Waals surface area contributed by atoms with Gasteiger partial charge in [0.05, 0.1) is 30.2 Å². The molecule has 0 unspecified atom stereocenters. The van der Waals surface area contributed by atoms with Crippen LogP contribution in [0.4, 0.5) is 5.69 Å². The van der Waals surface area contributed by atoms with E-state index in [1.165, 1.54) is 0 Å². The molecule has 1 aromatic carbocycles. The zero-order chi connectivity index (χ0) is 33.4. The molecule has 5 aliphatic rings. The van der Waals surface area contributed by atoms with Crippen LogP contribution in [0.25, 0.3) is 17.3 Å². The van der Waals surface area contributed by atoms with E-state index >= 15 is 0 Å². The first-order valence-corrected chi connectivity index (χ1v) is 17.4. The first kappa shape index (κ1) is 30.3. The van der Waals surface area contributed by atoms with Crippen LogP contribution < -0.4 is 10.5 Å². The Balaban J connectivity index is 1.12. The third kappa shape index (κ3) is 4.68. The largest absolute Gasteiger partial charge is 0.473 e. The van der Waals surface area contributed by atoms with Crippen molar-refractivity contribution in [2.75, 3.05) is 32.5 Å². The molecule has 2 saturated heterocycles. The van der Waals surface area contributed by atoms with E-state index in [1.807, 2.05) is 23.2 Å². The zero-order valence-corrected chi connectivity index (χ0v) is 27.8. The Morgan fingerprint density at radius 1 is 1.14 bits per heavy atom. The van der Waals surface area contributed by atoms with Crippen LogP contribution in [0.15, 0.2) is 28.9 Å². The van der Waals surface area contributed by atoms with Crippen molar-refractivity contribution in [3.05, 3.63) is 63.7 Å². The van der Waals surface area contributed by atoms with Crippen LogP contribution in [0.3, 0.4) is 0 Å². The Hall–Kier alpha value is -4.80. The number of carbonyl (C=O) groups excluding carboxylic acids is 1. The van der Waals surface area contributed by atoms with Crippen molar-refractivity contribution in [2.24, 2.45) is 0 Å². The van der Waals surface area contributed by atoms with E-state index < -0.39 is 5.41 Å².